The zero-order valence-electron chi connectivity index (χ0n) is 13.1. The van der Waals surface area contributed by atoms with Gasteiger partial charge in [0.1, 0.15) is 0 Å². The molecule has 122 valence electrons. The van der Waals surface area contributed by atoms with Crippen molar-refractivity contribution in [1.29, 1.82) is 0 Å². The first-order chi connectivity index (χ1) is 10.9. The smallest absolute Gasteiger partial charge is 0.307 e. The predicted octanol–water partition coefficient (Wildman–Crippen LogP) is 1.58. The molecule has 0 fully saturated rings. The molecule has 1 heterocycles. The van der Waals surface area contributed by atoms with Gasteiger partial charge in [0, 0.05) is 29.2 Å². The van der Waals surface area contributed by atoms with Crippen LogP contribution in [0.5, 0.6) is 0 Å². The molecule has 0 spiro atoms. The van der Waals surface area contributed by atoms with E-state index in [2.05, 4.69) is 5.32 Å². The minimum Gasteiger partial charge on any atom is -0.369 e. The fourth-order valence-corrected chi connectivity index (χ4v) is 3.05. The number of benzene rings is 1. The molecular formula is C16H19N3O3S. The maximum Gasteiger partial charge on any atom is 0.307 e. The van der Waals surface area contributed by atoms with Crippen molar-refractivity contribution in [1.82, 2.24) is 4.57 Å². The highest BCUT2D eigenvalue weighted by atomic mass is 32.1. The third-order valence-electron chi connectivity index (χ3n) is 3.55. The number of carbonyl (C=O) groups is 2. The van der Waals surface area contributed by atoms with Gasteiger partial charge in [0.15, 0.2) is 0 Å². The Morgan fingerprint density at radius 3 is 2.39 bits per heavy atom. The van der Waals surface area contributed by atoms with Gasteiger partial charge in [0.05, 0.1) is 6.42 Å². The monoisotopic (exact) mass is 333 g/mol. The van der Waals surface area contributed by atoms with Crippen LogP contribution in [0.2, 0.25) is 0 Å². The second-order valence-electron chi connectivity index (χ2n) is 5.30. The summed E-state index contributed by atoms with van der Waals surface area (Å²) in [5.74, 6) is -0.559. The average Bonchev–Trinajstić information content (AvgIpc) is 2.72. The van der Waals surface area contributed by atoms with Gasteiger partial charge in [-0.25, -0.2) is 0 Å². The molecule has 23 heavy (non-hydrogen) atoms. The third kappa shape index (κ3) is 4.53. The van der Waals surface area contributed by atoms with E-state index in [1.165, 1.54) is 11.3 Å². The quantitative estimate of drug-likeness (QED) is 0.840. The summed E-state index contributed by atoms with van der Waals surface area (Å²) in [5, 5.41) is 2.77. The zero-order valence-corrected chi connectivity index (χ0v) is 13.9. The van der Waals surface area contributed by atoms with E-state index in [-0.39, 0.29) is 23.6 Å². The Bertz CT molecular complexity index is 775. The Hall–Kier alpha value is -2.41. The Labute approximate surface area is 137 Å². The van der Waals surface area contributed by atoms with Crippen molar-refractivity contribution in [2.75, 3.05) is 5.32 Å². The van der Waals surface area contributed by atoms with Crippen molar-refractivity contribution in [3.63, 3.8) is 0 Å². The summed E-state index contributed by atoms with van der Waals surface area (Å²) in [6.45, 7) is 4.13. The molecule has 0 aliphatic heterocycles. The average molecular weight is 333 g/mol. The number of nitrogens with two attached hydrogens (primary N) is 1. The molecule has 6 nitrogen and oxygen atoms in total. The summed E-state index contributed by atoms with van der Waals surface area (Å²) < 4.78 is 1.62. The van der Waals surface area contributed by atoms with Gasteiger partial charge in [-0.15, -0.1) is 0 Å². The standard InChI is InChI=1S/C16H19N3O3S/c1-10-11(2)23-16(22)19(10)8-7-15(21)18-13-5-3-12(4-6-13)9-14(17)20/h3-6H,7-9H2,1-2H3,(H2,17,20)(H,18,21). The van der Waals surface area contributed by atoms with Crippen molar-refractivity contribution >= 4 is 28.8 Å². The van der Waals surface area contributed by atoms with Gasteiger partial charge < -0.3 is 15.6 Å². The Balaban J connectivity index is 1.92. The van der Waals surface area contributed by atoms with Crippen LogP contribution in [0.4, 0.5) is 5.69 Å². The van der Waals surface area contributed by atoms with Crippen molar-refractivity contribution in [3.8, 4) is 0 Å². The van der Waals surface area contributed by atoms with Gasteiger partial charge in [-0.05, 0) is 31.5 Å². The molecule has 0 saturated carbocycles. The minimum absolute atomic E-state index is 0.0383. The molecule has 0 saturated heterocycles. The van der Waals surface area contributed by atoms with Gasteiger partial charge in [0.2, 0.25) is 11.8 Å². The number of amides is 2. The van der Waals surface area contributed by atoms with Crippen LogP contribution < -0.4 is 15.9 Å². The summed E-state index contributed by atoms with van der Waals surface area (Å²) in [6.07, 6.45) is 0.397. The van der Waals surface area contributed by atoms with Gasteiger partial charge in [-0.2, -0.15) is 0 Å². The second-order valence-corrected chi connectivity index (χ2v) is 6.47. The first-order valence-electron chi connectivity index (χ1n) is 7.20. The highest BCUT2D eigenvalue weighted by Crippen LogP contribution is 2.12. The summed E-state index contributed by atoms with van der Waals surface area (Å²) in [4.78, 5) is 35.5. The van der Waals surface area contributed by atoms with Crippen LogP contribution in [0.3, 0.4) is 0 Å². The van der Waals surface area contributed by atoms with Crippen LogP contribution in [-0.2, 0) is 22.6 Å². The number of aromatic nitrogens is 1. The van der Waals surface area contributed by atoms with Gasteiger partial charge in [0.25, 0.3) is 0 Å². The molecular weight excluding hydrogens is 314 g/mol. The molecule has 0 aliphatic rings. The number of hydrogen-bond acceptors (Lipinski definition) is 4. The number of primary amides is 1. The topological polar surface area (TPSA) is 94.2 Å². The Kier molecular flexibility index (Phi) is 5.33. The van der Waals surface area contributed by atoms with Crippen molar-refractivity contribution in [2.45, 2.75) is 33.2 Å². The molecule has 0 unspecified atom stereocenters. The van der Waals surface area contributed by atoms with E-state index in [0.717, 1.165) is 16.1 Å². The Morgan fingerprint density at radius 2 is 1.87 bits per heavy atom. The largest absolute Gasteiger partial charge is 0.369 e. The van der Waals surface area contributed by atoms with Crippen molar-refractivity contribution in [3.05, 3.63) is 50.1 Å². The third-order valence-corrected chi connectivity index (χ3v) is 4.55. The first kappa shape index (κ1) is 17.0. The molecule has 2 amide bonds. The van der Waals surface area contributed by atoms with Crippen LogP contribution in [0.25, 0.3) is 0 Å². The lowest BCUT2D eigenvalue weighted by atomic mass is 10.1. The lowest BCUT2D eigenvalue weighted by molar-refractivity contribution is -0.117. The van der Waals surface area contributed by atoms with E-state index < -0.39 is 5.91 Å². The van der Waals surface area contributed by atoms with Crippen LogP contribution in [0, 0.1) is 13.8 Å². The SMILES string of the molecule is Cc1sc(=O)n(CCC(=O)Nc2ccc(CC(N)=O)cc2)c1C. The minimum atomic E-state index is -0.395. The second kappa shape index (κ2) is 7.23. The van der Waals surface area contributed by atoms with Crippen LogP contribution in [-0.4, -0.2) is 16.4 Å². The van der Waals surface area contributed by atoms with E-state index in [1.807, 2.05) is 13.8 Å². The maximum absolute atomic E-state index is 12.0. The van der Waals surface area contributed by atoms with E-state index in [1.54, 1.807) is 28.8 Å². The molecule has 1 aromatic carbocycles. The summed E-state index contributed by atoms with van der Waals surface area (Å²) >= 11 is 1.20. The summed E-state index contributed by atoms with van der Waals surface area (Å²) in [5.41, 5.74) is 7.48. The molecule has 0 aliphatic carbocycles. The van der Waals surface area contributed by atoms with Crippen molar-refractivity contribution in [2.24, 2.45) is 5.73 Å². The number of thiazole rings is 1. The lowest BCUT2D eigenvalue weighted by Crippen LogP contribution is -2.20. The number of anilines is 1. The lowest BCUT2D eigenvalue weighted by Gasteiger charge is -2.07. The van der Waals surface area contributed by atoms with Gasteiger partial charge >= 0.3 is 4.87 Å². The number of hydrogen-bond donors (Lipinski definition) is 2. The molecule has 0 bridgehead atoms. The number of nitrogens with one attached hydrogen (secondary N) is 1. The highest BCUT2D eigenvalue weighted by Gasteiger charge is 2.10. The van der Waals surface area contributed by atoms with Gasteiger partial charge in [-0.1, -0.05) is 23.5 Å². The van der Waals surface area contributed by atoms with Crippen LogP contribution >= 0.6 is 11.3 Å². The number of nitrogens with zero attached hydrogens (tertiary/aromatic N) is 1. The van der Waals surface area contributed by atoms with E-state index in [4.69, 9.17) is 5.73 Å². The predicted molar refractivity (Wildman–Crippen MR) is 90.6 cm³/mol. The normalized spacial score (nSPS) is 10.5. The maximum atomic E-state index is 12.0. The Morgan fingerprint density at radius 1 is 1.22 bits per heavy atom. The zero-order chi connectivity index (χ0) is 17.0. The molecule has 0 atom stereocenters. The molecule has 0 radical (unpaired) electrons. The molecule has 2 rings (SSSR count). The number of rotatable bonds is 6. The number of aryl methyl sites for hydroxylation is 1. The highest BCUT2D eigenvalue weighted by molar-refractivity contribution is 7.09. The fourth-order valence-electron chi connectivity index (χ4n) is 2.19. The van der Waals surface area contributed by atoms with E-state index >= 15 is 0 Å². The first-order valence-corrected chi connectivity index (χ1v) is 8.02. The molecule has 1 aromatic heterocycles. The van der Waals surface area contributed by atoms with Crippen LogP contribution in [0.1, 0.15) is 22.6 Å². The van der Waals surface area contributed by atoms with E-state index in [0.29, 0.717) is 12.2 Å². The molecule has 7 heteroatoms. The number of carbonyl (C=O) groups excluding carboxylic acids is 2. The van der Waals surface area contributed by atoms with Gasteiger partial charge in [-0.3, -0.25) is 14.4 Å². The summed E-state index contributed by atoms with van der Waals surface area (Å²) in [7, 11) is 0. The molecule has 2 aromatic rings. The van der Waals surface area contributed by atoms with E-state index in [9.17, 15) is 14.4 Å². The van der Waals surface area contributed by atoms with Crippen LogP contribution in [0.15, 0.2) is 29.1 Å². The fraction of sp³-hybridized carbons (Fsp3) is 0.312. The summed E-state index contributed by atoms with van der Waals surface area (Å²) in [6, 6.07) is 6.94. The van der Waals surface area contributed by atoms with Crippen molar-refractivity contribution < 1.29 is 9.59 Å². The molecule has 3 N–H and O–H groups in total.